The fraction of sp³-hybridized carbons (Fsp3) is 0.300. The van der Waals surface area contributed by atoms with E-state index in [2.05, 4.69) is 11.6 Å². The lowest BCUT2D eigenvalue weighted by Gasteiger charge is -1.94. The molecule has 12 heavy (non-hydrogen) atoms. The molecule has 0 bridgehead atoms. The minimum absolute atomic E-state index is 0.106. The molecular weight excluding hydrogens is 150 g/mol. The molecule has 0 amide bonds. The molecule has 0 radical (unpaired) electrons. The number of carbonyl (C=O) groups excluding carboxylic acids is 1. The molecule has 2 nitrogen and oxygen atoms in total. The number of nitrogens with one attached hydrogen (secondary N) is 1. The zero-order valence-electron chi connectivity index (χ0n) is 7.69. The van der Waals surface area contributed by atoms with Crippen molar-refractivity contribution in [2.24, 2.45) is 0 Å². The molecule has 2 heteroatoms. The number of ketones is 1. The van der Waals surface area contributed by atoms with Crippen molar-refractivity contribution in [1.82, 2.24) is 4.98 Å². The highest BCUT2D eigenvalue weighted by atomic mass is 16.1. The van der Waals surface area contributed by atoms with Crippen LogP contribution in [0.3, 0.4) is 0 Å². The summed E-state index contributed by atoms with van der Waals surface area (Å²) in [5.74, 6) is 0.106. The Morgan fingerprint density at radius 3 is 2.33 bits per heavy atom. The molecule has 0 atom stereocenters. The lowest BCUT2D eigenvalue weighted by Crippen LogP contribution is -1.94. The third-order valence-electron chi connectivity index (χ3n) is 2.03. The van der Waals surface area contributed by atoms with Gasteiger partial charge >= 0.3 is 0 Å². The average molecular weight is 163 g/mol. The Morgan fingerprint density at radius 2 is 2.08 bits per heavy atom. The van der Waals surface area contributed by atoms with Crippen molar-refractivity contribution in [2.75, 3.05) is 0 Å². The van der Waals surface area contributed by atoms with E-state index in [0.29, 0.717) is 0 Å². The minimum Gasteiger partial charge on any atom is -0.358 e. The average Bonchev–Trinajstić information content (AvgIpc) is 2.25. The highest BCUT2D eigenvalue weighted by Gasteiger charge is 2.12. The normalized spacial score (nSPS) is 9.92. The molecule has 0 saturated carbocycles. The number of carbonyl (C=O) groups is 1. The third kappa shape index (κ3) is 1.20. The zero-order valence-corrected chi connectivity index (χ0v) is 7.69. The van der Waals surface area contributed by atoms with Crippen LogP contribution in [0.1, 0.15) is 34.2 Å². The zero-order chi connectivity index (χ0) is 9.30. The molecule has 0 fully saturated rings. The number of rotatable bonds is 2. The Hall–Kier alpha value is -1.31. The minimum atomic E-state index is 0.106. The SMILES string of the molecule is C=Cc1[nH]c(C)c(C(C)=O)c1C. The molecule has 1 aromatic rings. The first-order valence-corrected chi connectivity index (χ1v) is 3.90. The van der Waals surface area contributed by atoms with Crippen LogP contribution in [0.5, 0.6) is 0 Å². The lowest BCUT2D eigenvalue weighted by molar-refractivity contribution is 0.101. The van der Waals surface area contributed by atoms with Crippen LogP contribution in [0.25, 0.3) is 6.08 Å². The lowest BCUT2D eigenvalue weighted by atomic mass is 10.1. The molecule has 64 valence electrons. The summed E-state index contributed by atoms with van der Waals surface area (Å²) in [6.07, 6.45) is 1.73. The van der Waals surface area contributed by atoms with Crippen LogP contribution in [-0.4, -0.2) is 10.8 Å². The quantitative estimate of drug-likeness (QED) is 0.667. The smallest absolute Gasteiger partial charge is 0.161 e. The van der Waals surface area contributed by atoms with Crippen molar-refractivity contribution in [3.8, 4) is 0 Å². The van der Waals surface area contributed by atoms with Crippen molar-refractivity contribution < 1.29 is 4.79 Å². The maximum Gasteiger partial charge on any atom is 0.161 e. The van der Waals surface area contributed by atoms with E-state index in [4.69, 9.17) is 0 Å². The fourth-order valence-electron chi connectivity index (χ4n) is 1.51. The van der Waals surface area contributed by atoms with Gasteiger partial charge in [0.25, 0.3) is 0 Å². The largest absolute Gasteiger partial charge is 0.358 e. The second-order valence-corrected chi connectivity index (χ2v) is 2.92. The van der Waals surface area contributed by atoms with E-state index in [1.54, 1.807) is 13.0 Å². The highest BCUT2D eigenvalue weighted by molar-refractivity contribution is 5.97. The first-order chi connectivity index (χ1) is 5.57. The van der Waals surface area contributed by atoms with Crippen LogP contribution in [-0.2, 0) is 0 Å². The van der Waals surface area contributed by atoms with E-state index in [9.17, 15) is 4.79 Å². The van der Waals surface area contributed by atoms with Crippen molar-refractivity contribution >= 4 is 11.9 Å². The number of aromatic amines is 1. The van der Waals surface area contributed by atoms with E-state index in [1.807, 2.05) is 13.8 Å². The number of aryl methyl sites for hydroxylation is 1. The van der Waals surface area contributed by atoms with E-state index in [0.717, 1.165) is 22.5 Å². The predicted octanol–water partition coefficient (Wildman–Crippen LogP) is 2.48. The standard InChI is InChI=1S/C10H13NO/c1-5-9-6(2)10(8(4)12)7(3)11-9/h5,11H,1H2,2-4H3. The van der Waals surface area contributed by atoms with E-state index >= 15 is 0 Å². The number of hydrogen-bond donors (Lipinski definition) is 1. The van der Waals surface area contributed by atoms with Crippen LogP contribution in [0.4, 0.5) is 0 Å². The van der Waals surface area contributed by atoms with Gasteiger partial charge < -0.3 is 4.98 Å². The summed E-state index contributed by atoms with van der Waals surface area (Å²) in [6.45, 7) is 9.07. The molecule has 0 unspecified atom stereocenters. The van der Waals surface area contributed by atoms with Crippen molar-refractivity contribution in [2.45, 2.75) is 20.8 Å². The monoisotopic (exact) mass is 163 g/mol. The summed E-state index contributed by atoms with van der Waals surface area (Å²) >= 11 is 0. The first-order valence-electron chi connectivity index (χ1n) is 3.90. The van der Waals surface area contributed by atoms with E-state index < -0.39 is 0 Å². The molecule has 0 aliphatic heterocycles. The van der Waals surface area contributed by atoms with Crippen molar-refractivity contribution in [1.29, 1.82) is 0 Å². The Bertz CT molecular complexity index is 334. The van der Waals surface area contributed by atoms with Crippen LogP contribution in [0.15, 0.2) is 6.58 Å². The molecule has 1 aromatic heterocycles. The first kappa shape index (κ1) is 8.78. The van der Waals surface area contributed by atoms with Gasteiger partial charge in [0.1, 0.15) is 0 Å². The molecule has 1 rings (SSSR count). The number of H-pyrrole nitrogens is 1. The van der Waals surface area contributed by atoms with Crippen LogP contribution < -0.4 is 0 Å². The summed E-state index contributed by atoms with van der Waals surface area (Å²) in [5.41, 5.74) is 3.66. The second kappa shape index (κ2) is 2.97. The Labute approximate surface area is 72.3 Å². The van der Waals surface area contributed by atoms with Gasteiger partial charge in [-0.15, -0.1) is 0 Å². The summed E-state index contributed by atoms with van der Waals surface area (Å²) in [5, 5.41) is 0. The Kier molecular flexibility index (Phi) is 2.18. The van der Waals surface area contributed by atoms with Gasteiger partial charge in [0.05, 0.1) is 0 Å². The maximum atomic E-state index is 11.2. The van der Waals surface area contributed by atoms with Crippen LogP contribution in [0.2, 0.25) is 0 Å². The van der Waals surface area contributed by atoms with Gasteiger partial charge in [-0.1, -0.05) is 6.58 Å². The summed E-state index contributed by atoms with van der Waals surface area (Å²) < 4.78 is 0. The molecule has 1 N–H and O–H groups in total. The van der Waals surface area contributed by atoms with Crippen LogP contribution >= 0.6 is 0 Å². The van der Waals surface area contributed by atoms with E-state index in [1.165, 1.54) is 0 Å². The van der Waals surface area contributed by atoms with Gasteiger partial charge in [0.2, 0.25) is 0 Å². The van der Waals surface area contributed by atoms with Crippen molar-refractivity contribution in [3.05, 3.63) is 29.1 Å². The maximum absolute atomic E-state index is 11.2. The Morgan fingerprint density at radius 1 is 1.50 bits per heavy atom. The molecule has 0 aliphatic rings. The summed E-state index contributed by atoms with van der Waals surface area (Å²) in [4.78, 5) is 14.3. The number of hydrogen-bond acceptors (Lipinski definition) is 1. The second-order valence-electron chi connectivity index (χ2n) is 2.92. The summed E-state index contributed by atoms with van der Waals surface area (Å²) in [6, 6.07) is 0. The number of Topliss-reactive ketones (excluding diaryl/α,β-unsaturated/α-hetero) is 1. The highest BCUT2D eigenvalue weighted by Crippen LogP contribution is 2.18. The third-order valence-corrected chi connectivity index (χ3v) is 2.03. The number of aromatic nitrogens is 1. The predicted molar refractivity (Wildman–Crippen MR) is 50.4 cm³/mol. The molecule has 0 aromatic carbocycles. The molecular formula is C10H13NO. The van der Waals surface area contributed by atoms with Gasteiger partial charge in [0, 0.05) is 17.0 Å². The van der Waals surface area contributed by atoms with Gasteiger partial charge in [-0.3, -0.25) is 4.79 Å². The molecule has 0 spiro atoms. The van der Waals surface area contributed by atoms with Gasteiger partial charge in [-0.25, -0.2) is 0 Å². The van der Waals surface area contributed by atoms with Crippen LogP contribution in [0, 0.1) is 13.8 Å². The van der Waals surface area contributed by atoms with Gasteiger partial charge in [-0.05, 0) is 32.4 Å². The van der Waals surface area contributed by atoms with E-state index in [-0.39, 0.29) is 5.78 Å². The molecule has 0 aliphatic carbocycles. The van der Waals surface area contributed by atoms with Crippen molar-refractivity contribution in [3.63, 3.8) is 0 Å². The van der Waals surface area contributed by atoms with Gasteiger partial charge in [-0.2, -0.15) is 0 Å². The molecule has 0 saturated heterocycles. The Balaban J connectivity index is 3.37. The molecule has 1 heterocycles. The fourth-order valence-corrected chi connectivity index (χ4v) is 1.51. The summed E-state index contributed by atoms with van der Waals surface area (Å²) in [7, 11) is 0. The topological polar surface area (TPSA) is 32.9 Å². The van der Waals surface area contributed by atoms with Gasteiger partial charge in [0.15, 0.2) is 5.78 Å².